The van der Waals surface area contributed by atoms with Gasteiger partial charge in [0.1, 0.15) is 12.3 Å². The van der Waals surface area contributed by atoms with Gasteiger partial charge in [-0.05, 0) is 56.1 Å². The second-order valence-electron chi connectivity index (χ2n) is 8.35. The van der Waals surface area contributed by atoms with Crippen molar-refractivity contribution < 1.29 is 9.53 Å². The smallest absolute Gasteiger partial charge is 0.409 e. The largest absolute Gasteiger partial charge is 0.446 e. The highest BCUT2D eigenvalue weighted by Gasteiger charge is 2.37. The lowest BCUT2D eigenvalue weighted by atomic mass is 9.75. The third kappa shape index (κ3) is 6.60. The van der Waals surface area contributed by atoms with Crippen LogP contribution in [0.15, 0.2) is 18.2 Å². The van der Waals surface area contributed by atoms with Crippen molar-refractivity contribution in [3.05, 3.63) is 29.3 Å². The van der Waals surface area contributed by atoms with Crippen LogP contribution in [-0.2, 0) is 4.74 Å². The number of benzene rings is 1. The minimum Gasteiger partial charge on any atom is -0.446 e. The first kappa shape index (κ1) is 23.4. The molecule has 0 bridgehead atoms. The molecule has 1 fully saturated rings. The molecule has 1 saturated carbocycles. The zero-order chi connectivity index (χ0) is 21.1. The van der Waals surface area contributed by atoms with Crippen LogP contribution in [0.5, 0.6) is 0 Å². The first-order chi connectivity index (χ1) is 13.0. The molecule has 1 aromatic rings. The van der Waals surface area contributed by atoms with E-state index in [4.69, 9.17) is 39.5 Å². The summed E-state index contributed by atoms with van der Waals surface area (Å²) in [5.41, 5.74) is 2.91. The summed E-state index contributed by atoms with van der Waals surface area (Å²) in [6.07, 6.45) is 1.46. The van der Waals surface area contributed by atoms with Gasteiger partial charge < -0.3 is 10.1 Å². The first-order valence-electron chi connectivity index (χ1n) is 9.85. The molecule has 0 radical (unpaired) electrons. The summed E-state index contributed by atoms with van der Waals surface area (Å²) in [4.78, 5) is 12.6. The number of nitrogens with one attached hydrogen (secondary N) is 2. The molecular weight excluding hydrogens is 419 g/mol. The summed E-state index contributed by atoms with van der Waals surface area (Å²) in [5.74, 6) is 1.33. The molecule has 2 rings (SSSR count). The molecule has 4 atom stereocenters. The van der Waals surface area contributed by atoms with E-state index in [0.717, 1.165) is 36.1 Å². The van der Waals surface area contributed by atoms with Crippen molar-refractivity contribution in [2.24, 2.45) is 17.8 Å². The van der Waals surface area contributed by atoms with Crippen molar-refractivity contribution in [1.29, 1.82) is 0 Å². The molecule has 0 unspecified atom stereocenters. The Balaban J connectivity index is 2.08. The van der Waals surface area contributed by atoms with E-state index in [-0.39, 0.29) is 6.10 Å². The Morgan fingerprint density at radius 3 is 2.46 bits per heavy atom. The van der Waals surface area contributed by atoms with Gasteiger partial charge >= 0.3 is 6.09 Å². The van der Waals surface area contributed by atoms with E-state index >= 15 is 0 Å². The zero-order valence-electron chi connectivity index (χ0n) is 17.2. The average Bonchev–Trinajstić information content (AvgIpc) is 2.55. The van der Waals surface area contributed by atoms with Gasteiger partial charge in [-0.15, -0.1) is 0 Å². The number of alkyl carbamates (subject to hydrolysis) is 1. The molecule has 7 heteroatoms. The van der Waals surface area contributed by atoms with Crippen molar-refractivity contribution in [3.63, 3.8) is 0 Å². The summed E-state index contributed by atoms with van der Waals surface area (Å²) in [7, 11) is 0. The van der Waals surface area contributed by atoms with Gasteiger partial charge in [0.05, 0.1) is 0 Å². The van der Waals surface area contributed by atoms with Gasteiger partial charge in [-0.3, -0.25) is 5.32 Å². The fourth-order valence-corrected chi connectivity index (χ4v) is 4.20. The molecule has 0 aromatic heterocycles. The predicted octanol–water partition coefficient (Wildman–Crippen LogP) is 6.60. The lowest BCUT2D eigenvalue weighted by Crippen LogP contribution is -2.50. The van der Waals surface area contributed by atoms with E-state index < -0.39 is 16.1 Å². The van der Waals surface area contributed by atoms with Crippen LogP contribution in [-0.4, -0.2) is 22.2 Å². The van der Waals surface area contributed by atoms with E-state index in [9.17, 15) is 4.79 Å². The van der Waals surface area contributed by atoms with E-state index in [2.05, 4.69) is 31.4 Å². The summed E-state index contributed by atoms with van der Waals surface area (Å²) in [5, 5.41) is 5.82. The number of carbonyl (C=O) groups excluding carboxylic acids is 1. The summed E-state index contributed by atoms with van der Waals surface area (Å²) >= 11 is 18.4. The van der Waals surface area contributed by atoms with Crippen LogP contribution in [0.1, 0.15) is 51.2 Å². The monoisotopic (exact) mass is 448 g/mol. The molecule has 4 nitrogen and oxygen atoms in total. The lowest BCUT2D eigenvalue weighted by molar-refractivity contribution is 0.00534. The standard InChI is InChI=1S/C21H31Cl3N2O2/c1-12(2)16-8-6-14(4)11-18(16)28-20(27)26-19(21(22,23)24)25-17-9-7-13(3)10-15(17)5/h7,9-10,12,14,16,18-19,25H,6,8,11H2,1-5H3,(H,26,27)/t14-,16-,18+,19+/m0/s1. The van der Waals surface area contributed by atoms with Crippen LogP contribution in [0.3, 0.4) is 0 Å². The summed E-state index contributed by atoms with van der Waals surface area (Å²) in [6.45, 7) is 10.5. The van der Waals surface area contributed by atoms with Crippen molar-refractivity contribution in [3.8, 4) is 0 Å². The van der Waals surface area contributed by atoms with Crippen molar-refractivity contribution in [2.75, 3.05) is 5.32 Å². The maximum atomic E-state index is 12.6. The number of hydrogen-bond acceptors (Lipinski definition) is 3. The Hall–Kier alpha value is -0.840. The summed E-state index contributed by atoms with van der Waals surface area (Å²) < 4.78 is 4.04. The Labute approximate surface area is 183 Å². The minimum atomic E-state index is -1.74. The molecule has 1 amide bonds. The molecule has 0 aliphatic heterocycles. The highest BCUT2D eigenvalue weighted by molar-refractivity contribution is 6.68. The van der Waals surface area contributed by atoms with Gasteiger partial charge in [-0.25, -0.2) is 4.79 Å². The molecule has 0 spiro atoms. The van der Waals surface area contributed by atoms with Crippen molar-refractivity contribution in [2.45, 2.75) is 69.9 Å². The van der Waals surface area contributed by atoms with Gasteiger partial charge in [0.2, 0.25) is 3.79 Å². The molecule has 28 heavy (non-hydrogen) atoms. The van der Waals surface area contributed by atoms with Crippen molar-refractivity contribution in [1.82, 2.24) is 5.32 Å². The van der Waals surface area contributed by atoms with Gasteiger partial charge in [-0.1, -0.05) is 79.7 Å². The van der Waals surface area contributed by atoms with E-state index in [0.29, 0.717) is 17.8 Å². The summed E-state index contributed by atoms with van der Waals surface area (Å²) in [6, 6.07) is 5.88. The SMILES string of the molecule is Cc1ccc(N[C@H](NC(=O)O[C@@H]2C[C@@H](C)CC[C@H]2C(C)C)C(Cl)(Cl)Cl)c(C)c1. The number of aryl methyl sites for hydroxylation is 2. The number of ether oxygens (including phenoxy) is 1. The lowest BCUT2D eigenvalue weighted by Gasteiger charge is -2.37. The highest BCUT2D eigenvalue weighted by atomic mass is 35.6. The van der Waals surface area contributed by atoms with Crippen molar-refractivity contribution >= 4 is 46.6 Å². The van der Waals surface area contributed by atoms with E-state index in [1.165, 1.54) is 0 Å². The van der Waals surface area contributed by atoms with Gasteiger partial charge in [0.15, 0.2) is 0 Å². The minimum absolute atomic E-state index is 0.124. The molecular formula is C21H31Cl3N2O2. The van der Waals surface area contributed by atoms with Gasteiger partial charge in [0.25, 0.3) is 0 Å². The fourth-order valence-electron chi connectivity index (χ4n) is 3.87. The van der Waals surface area contributed by atoms with Crippen LogP contribution >= 0.6 is 34.8 Å². The molecule has 1 aromatic carbocycles. The number of halogens is 3. The van der Waals surface area contributed by atoms with Crippen LogP contribution < -0.4 is 10.6 Å². The van der Waals surface area contributed by atoms with Gasteiger partial charge in [-0.2, -0.15) is 0 Å². The molecule has 2 N–H and O–H groups in total. The Bertz CT molecular complexity index is 676. The third-order valence-electron chi connectivity index (χ3n) is 5.49. The van der Waals surface area contributed by atoms with Crippen LogP contribution in [0.25, 0.3) is 0 Å². The molecule has 0 heterocycles. The highest BCUT2D eigenvalue weighted by Crippen LogP contribution is 2.36. The molecule has 158 valence electrons. The number of anilines is 1. The fraction of sp³-hybridized carbons (Fsp3) is 0.667. The van der Waals surface area contributed by atoms with Gasteiger partial charge in [0, 0.05) is 5.69 Å². The number of amides is 1. The number of rotatable bonds is 5. The quantitative estimate of drug-likeness (QED) is 0.393. The maximum Gasteiger partial charge on any atom is 0.409 e. The molecule has 0 saturated heterocycles. The van der Waals surface area contributed by atoms with Crippen LogP contribution in [0.2, 0.25) is 0 Å². The normalized spacial score (nSPS) is 24.0. The zero-order valence-corrected chi connectivity index (χ0v) is 19.5. The second-order valence-corrected chi connectivity index (χ2v) is 10.7. The predicted molar refractivity (Wildman–Crippen MR) is 118 cm³/mol. The topological polar surface area (TPSA) is 50.4 Å². The van der Waals surface area contributed by atoms with Crippen LogP contribution in [0.4, 0.5) is 10.5 Å². The van der Waals surface area contributed by atoms with Crippen LogP contribution in [0, 0.1) is 31.6 Å². The molecule has 1 aliphatic rings. The first-order valence-corrected chi connectivity index (χ1v) is 11.0. The van der Waals surface area contributed by atoms with E-state index in [1.807, 2.05) is 32.0 Å². The molecule has 1 aliphatic carbocycles. The second kappa shape index (κ2) is 9.77. The number of alkyl halides is 3. The number of hydrogen-bond donors (Lipinski definition) is 2. The average molecular weight is 450 g/mol. The Kier molecular flexibility index (Phi) is 8.18. The Morgan fingerprint density at radius 1 is 1.21 bits per heavy atom. The maximum absolute atomic E-state index is 12.6. The Morgan fingerprint density at radius 2 is 1.89 bits per heavy atom. The van der Waals surface area contributed by atoms with E-state index in [1.54, 1.807) is 0 Å². The number of carbonyl (C=O) groups is 1. The third-order valence-corrected chi connectivity index (χ3v) is 6.15.